The fourth-order valence-electron chi connectivity index (χ4n) is 5.30. The van der Waals surface area contributed by atoms with E-state index in [9.17, 15) is 9.59 Å². The van der Waals surface area contributed by atoms with Gasteiger partial charge in [0, 0.05) is 29.9 Å². The maximum Gasteiger partial charge on any atom is 0.257 e. The lowest BCUT2D eigenvalue weighted by Gasteiger charge is -2.36. The van der Waals surface area contributed by atoms with Crippen LogP contribution in [0.25, 0.3) is 6.08 Å². The lowest BCUT2D eigenvalue weighted by atomic mass is 9.90. The van der Waals surface area contributed by atoms with Gasteiger partial charge >= 0.3 is 0 Å². The van der Waals surface area contributed by atoms with Crippen molar-refractivity contribution in [3.8, 4) is 0 Å². The molecule has 1 saturated carbocycles. The molecule has 2 saturated heterocycles. The number of carbonyl (C=O) groups is 2. The van der Waals surface area contributed by atoms with Crippen LogP contribution >= 0.6 is 11.8 Å². The molecular formula is C28H32N2O2S. The summed E-state index contributed by atoms with van der Waals surface area (Å²) in [4.78, 5) is 28.3. The maximum absolute atomic E-state index is 13.0. The molecule has 1 N–H and O–H groups in total. The Morgan fingerprint density at radius 3 is 2.45 bits per heavy atom. The van der Waals surface area contributed by atoms with E-state index >= 15 is 0 Å². The molecule has 0 bridgehead atoms. The Morgan fingerprint density at radius 2 is 1.70 bits per heavy atom. The van der Waals surface area contributed by atoms with Crippen molar-refractivity contribution in [2.75, 3.05) is 13.1 Å². The van der Waals surface area contributed by atoms with Gasteiger partial charge in [-0.3, -0.25) is 9.59 Å². The summed E-state index contributed by atoms with van der Waals surface area (Å²) < 4.78 is 0. The highest BCUT2D eigenvalue weighted by atomic mass is 32.2. The Labute approximate surface area is 200 Å². The lowest BCUT2D eigenvalue weighted by molar-refractivity contribution is -0.117. The van der Waals surface area contributed by atoms with E-state index in [1.54, 1.807) is 11.8 Å². The van der Waals surface area contributed by atoms with E-state index in [1.165, 1.54) is 24.8 Å². The monoisotopic (exact) mass is 460 g/mol. The van der Waals surface area contributed by atoms with Crippen molar-refractivity contribution in [1.82, 2.24) is 10.2 Å². The van der Waals surface area contributed by atoms with E-state index in [1.807, 2.05) is 35.2 Å². The van der Waals surface area contributed by atoms with E-state index in [0.29, 0.717) is 17.2 Å². The summed E-state index contributed by atoms with van der Waals surface area (Å²) in [7, 11) is 0. The first-order valence-corrected chi connectivity index (χ1v) is 13.2. The number of amides is 2. The van der Waals surface area contributed by atoms with Crippen LogP contribution in [0, 0.1) is 5.92 Å². The minimum atomic E-state index is 0.0432. The summed E-state index contributed by atoms with van der Waals surface area (Å²) in [6.07, 6.45) is 9.89. The quantitative estimate of drug-likeness (QED) is 0.630. The molecule has 2 atom stereocenters. The third-order valence-corrected chi connectivity index (χ3v) is 8.67. The van der Waals surface area contributed by atoms with Gasteiger partial charge in [0.15, 0.2) is 0 Å². The van der Waals surface area contributed by atoms with E-state index in [-0.39, 0.29) is 11.8 Å². The van der Waals surface area contributed by atoms with Gasteiger partial charge in [-0.25, -0.2) is 0 Å². The molecule has 0 radical (unpaired) electrons. The molecule has 5 heteroatoms. The van der Waals surface area contributed by atoms with E-state index < -0.39 is 0 Å². The second-order valence-electron chi connectivity index (χ2n) is 9.58. The molecule has 0 spiro atoms. The molecular weight excluding hydrogens is 428 g/mol. The highest BCUT2D eigenvalue weighted by Gasteiger charge is 2.34. The SMILES string of the molecule is O=C1NC2CCCCC2S/C1=C/c1ccc(C(=O)N2CCC(Cc3ccccc3)CC2)cc1. The smallest absolute Gasteiger partial charge is 0.257 e. The van der Waals surface area contributed by atoms with Crippen molar-refractivity contribution in [3.05, 3.63) is 76.2 Å². The van der Waals surface area contributed by atoms with Crippen molar-refractivity contribution in [3.63, 3.8) is 0 Å². The van der Waals surface area contributed by atoms with Gasteiger partial charge in [0.2, 0.25) is 0 Å². The Bertz CT molecular complexity index is 1010. The average Bonchev–Trinajstić information content (AvgIpc) is 2.86. The molecule has 3 aliphatic rings. The van der Waals surface area contributed by atoms with Crippen molar-refractivity contribution in [2.45, 2.75) is 56.2 Å². The Morgan fingerprint density at radius 1 is 0.970 bits per heavy atom. The van der Waals surface area contributed by atoms with E-state index in [4.69, 9.17) is 0 Å². The molecule has 2 unspecified atom stereocenters. The number of benzene rings is 2. The molecule has 1 aliphatic carbocycles. The summed E-state index contributed by atoms with van der Waals surface area (Å²) in [5.74, 6) is 0.803. The summed E-state index contributed by atoms with van der Waals surface area (Å²) in [6, 6.07) is 18.7. The molecule has 5 rings (SSSR count). The fourth-order valence-corrected chi connectivity index (χ4v) is 6.65. The lowest BCUT2D eigenvalue weighted by Crippen LogP contribution is -2.48. The predicted molar refractivity (Wildman–Crippen MR) is 135 cm³/mol. The largest absolute Gasteiger partial charge is 0.348 e. The zero-order valence-corrected chi connectivity index (χ0v) is 19.9. The summed E-state index contributed by atoms with van der Waals surface area (Å²) >= 11 is 1.73. The minimum absolute atomic E-state index is 0.0432. The number of thioether (sulfide) groups is 1. The van der Waals surface area contributed by atoms with Crippen LogP contribution < -0.4 is 5.32 Å². The third kappa shape index (κ3) is 5.35. The topological polar surface area (TPSA) is 49.4 Å². The summed E-state index contributed by atoms with van der Waals surface area (Å²) in [6.45, 7) is 1.64. The Balaban J connectivity index is 1.17. The maximum atomic E-state index is 13.0. The first kappa shape index (κ1) is 22.3. The molecule has 33 heavy (non-hydrogen) atoms. The van der Waals surface area contributed by atoms with Gasteiger partial charge in [0.1, 0.15) is 0 Å². The van der Waals surface area contributed by atoms with Gasteiger partial charge in [-0.1, -0.05) is 55.3 Å². The molecule has 2 aliphatic heterocycles. The van der Waals surface area contributed by atoms with E-state index in [0.717, 1.165) is 54.8 Å². The van der Waals surface area contributed by atoms with E-state index in [2.05, 4.69) is 35.6 Å². The number of nitrogens with zero attached hydrogens (tertiary/aromatic N) is 1. The van der Waals surface area contributed by atoms with Gasteiger partial charge in [-0.2, -0.15) is 0 Å². The van der Waals surface area contributed by atoms with Crippen LogP contribution in [-0.2, 0) is 11.2 Å². The van der Waals surface area contributed by atoms with Crippen LogP contribution in [0.1, 0.15) is 60.0 Å². The molecule has 2 aromatic carbocycles. The van der Waals surface area contributed by atoms with Crippen molar-refractivity contribution < 1.29 is 9.59 Å². The van der Waals surface area contributed by atoms with Crippen LogP contribution in [-0.4, -0.2) is 41.1 Å². The molecule has 4 nitrogen and oxygen atoms in total. The predicted octanol–water partition coefficient (Wildman–Crippen LogP) is 5.30. The van der Waals surface area contributed by atoms with Gasteiger partial charge in [-0.05, 0) is 67.4 Å². The first-order valence-electron chi connectivity index (χ1n) is 12.3. The molecule has 2 amide bonds. The Kier molecular flexibility index (Phi) is 6.86. The number of rotatable bonds is 4. The summed E-state index contributed by atoms with van der Waals surface area (Å²) in [5.41, 5.74) is 3.09. The first-order chi connectivity index (χ1) is 16.2. The molecule has 0 aromatic heterocycles. The number of carbonyl (C=O) groups excluding carboxylic acids is 2. The van der Waals surface area contributed by atoms with Gasteiger partial charge in [-0.15, -0.1) is 11.8 Å². The number of nitrogens with one attached hydrogen (secondary N) is 1. The molecule has 2 aromatic rings. The molecule has 172 valence electrons. The average molecular weight is 461 g/mol. The fraction of sp³-hybridized carbons (Fsp3) is 0.429. The van der Waals surface area contributed by atoms with Crippen LogP contribution in [0.2, 0.25) is 0 Å². The molecule has 2 heterocycles. The van der Waals surface area contributed by atoms with Crippen LogP contribution in [0.5, 0.6) is 0 Å². The number of hydrogen-bond donors (Lipinski definition) is 1. The number of fused-ring (bicyclic) bond motifs is 1. The van der Waals surface area contributed by atoms with Crippen molar-refractivity contribution in [1.29, 1.82) is 0 Å². The third-order valence-electron chi connectivity index (χ3n) is 7.25. The minimum Gasteiger partial charge on any atom is -0.348 e. The zero-order valence-electron chi connectivity index (χ0n) is 19.0. The Hall–Kier alpha value is -2.53. The highest BCUT2D eigenvalue weighted by Crippen LogP contribution is 2.37. The standard InChI is InChI=1S/C28H32N2O2S/c31-27-26(33-25-9-5-4-8-24(25)29-27)19-21-10-12-23(13-11-21)28(32)30-16-14-22(15-17-30)18-20-6-2-1-3-7-20/h1-3,6-7,10-13,19,22,24-25H,4-5,8-9,14-18H2,(H,29,31)/b26-19+. The van der Waals surface area contributed by atoms with Crippen LogP contribution in [0.4, 0.5) is 0 Å². The second kappa shape index (κ2) is 10.2. The van der Waals surface area contributed by atoms with Gasteiger partial charge in [0.05, 0.1) is 4.91 Å². The normalized spacial score (nSPS) is 24.9. The zero-order chi connectivity index (χ0) is 22.6. The number of piperidine rings is 1. The summed E-state index contributed by atoms with van der Waals surface area (Å²) in [5, 5.41) is 3.68. The van der Waals surface area contributed by atoms with Crippen molar-refractivity contribution in [2.24, 2.45) is 5.92 Å². The van der Waals surface area contributed by atoms with Crippen LogP contribution in [0.15, 0.2) is 59.5 Å². The molecule has 3 fully saturated rings. The van der Waals surface area contributed by atoms with Crippen molar-refractivity contribution >= 4 is 29.7 Å². The number of hydrogen-bond acceptors (Lipinski definition) is 3. The van der Waals surface area contributed by atoms with Gasteiger partial charge < -0.3 is 10.2 Å². The van der Waals surface area contributed by atoms with Crippen LogP contribution in [0.3, 0.4) is 0 Å². The number of likely N-dealkylation sites (tertiary alicyclic amines) is 1. The van der Waals surface area contributed by atoms with Gasteiger partial charge in [0.25, 0.3) is 11.8 Å². The second-order valence-corrected chi connectivity index (χ2v) is 10.9. The highest BCUT2D eigenvalue weighted by molar-refractivity contribution is 8.04.